The molecule has 6 nitrogen and oxygen atoms in total. The fourth-order valence-corrected chi connectivity index (χ4v) is 2.91. The van der Waals surface area contributed by atoms with Crippen LogP contribution in [0.1, 0.15) is 5.82 Å². The Bertz CT molecular complexity index is 907. The van der Waals surface area contributed by atoms with E-state index in [0.717, 1.165) is 11.5 Å². The summed E-state index contributed by atoms with van der Waals surface area (Å²) >= 11 is 0. The molecule has 0 N–H and O–H groups in total. The summed E-state index contributed by atoms with van der Waals surface area (Å²) in [4.78, 5) is 19.3. The molecule has 1 atom stereocenters. The maximum atomic E-state index is 13.2. The Morgan fingerprint density at radius 3 is 2.62 bits per heavy atom. The van der Waals surface area contributed by atoms with Gasteiger partial charge in [-0.05, 0) is 24.3 Å². The molecule has 0 saturated carbocycles. The molecule has 3 aromatic rings. The minimum atomic E-state index is -0.703. The highest BCUT2D eigenvalue weighted by atomic mass is 16.6. The van der Waals surface area contributed by atoms with Crippen LogP contribution in [0.4, 0.5) is 5.69 Å². The molecule has 0 aliphatic carbocycles. The molecule has 1 aromatic heterocycles. The summed E-state index contributed by atoms with van der Waals surface area (Å²) in [7, 11) is 1.91. The van der Waals surface area contributed by atoms with Crippen LogP contribution >= 0.6 is 0 Å². The number of aryl methyl sites for hydroxylation is 1. The van der Waals surface area contributed by atoms with E-state index in [4.69, 9.17) is 9.47 Å². The Morgan fingerprint density at radius 2 is 1.88 bits per heavy atom. The summed E-state index contributed by atoms with van der Waals surface area (Å²) in [6.45, 7) is 0.535. The van der Waals surface area contributed by atoms with E-state index >= 15 is 0 Å². The predicted molar refractivity (Wildman–Crippen MR) is 97.2 cm³/mol. The molecule has 1 aliphatic rings. The molecule has 2 heterocycles. The number of rotatable bonds is 4. The maximum Gasteiger partial charge on any atom is 0.272 e. The average molecular weight is 349 g/mol. The summed E-state index contributed by atoms with van der Waals surface area (Å²) < 4.78 is 13.5. The van der Waals surface area contributed by atoms with Gasteiger partial charge in [-0.3, -0.25) is 4.79 Å². The predicted octanol–water partition coefficient (Wildman–Crippen LogP) is 2.79. The van der Waals surface area contributed by atoms with Gasteiger partial charge in [0.1, 0.15) is 12.4 Å². The molecule has 0 saturated heterocycles. The van der Waals surface area contributed by atoms with E-state index in [-0.39, 0.29) is 12.5 Å². The van der Waals surface area contributed by atoms with Gasteiger partial charge in [-0.15, -0.1) is 0 Å². The van der Waals surface area contributed by atoms with Crippen molar-refractivity contribution < 1.29 is 14.3 Å². The Labute approximate surface area is 151 Å². The van der Waals surface area contributed by atoms with Crippen LogP contribution in [-0.4, -0.2) is 28.2 Å². The van der Waals surface area contributed by atoms with Crippen LogP contribution in [0.2, 0.25) is 0 Å². The summed E-state index contributed by atoms with van der Waals surface area (Å²) in [5.74, 6) is 1.88. The lowest BCUT2D eigenvalue weighted by Crippen LogP contribution is -2.46. The van der Waals surface area contributed by atoms with Gasteiger partial charge in [0.2, 0.25) is 6.10 Å². The molecule has 4 rings (SSSR count). The topological polar surface area (TPSA) is 56.6 Å². The zero-order valence-corrected chi connectivity index (χ0v) is 14.4. The number of benzene rings is 2. The van der Waals surface area contributed by atoms with E-state index in [1.807, 2.05) is 66.3 Å². The van der Waals surface area contributed by atoms with Gasteiger partial charge in [0, 0.05) is 25.1 Å². The number of hydrogen-bond acceptors (Lipinski definition) is 4. The van der Waals surface area contributed by atoms with Gasteiger partial charge in [-0.1, -0.05) is 30.3 Å². The number of carbonyl (C=O) groups excluding carboxylic acids is 1. The summed E-state index contributed by atoms with van der Waals surface area (Å²) in [5, 5.41) is 0. The number of nitrogens with zero attached hydrogens (tertiary/aromatic N) is 3. The molecule has 1 amide bonds. The molecule has 1 unspecified atom stereocenters. The van der Waals surface area contributed by atoms with E-state index < -0.39 is 6.10 Å². The van der Waals surface area contributed by atoms with Crippen LogP contribution in [0, 0.1) is 0 Å². The van der Waals surface area contributed by atoms with Crippen LogP contribution in [0.3, 0.4) is 0 Å². The highest BCUT2D eigenvalue weighted by molar-refractivity contribution is 5.97. The molecular formula is C20H19N3O3. The van der Waals surface area contributed by atoms with E-state index in [2.05, 4.69) is 4.98 Å². The zero-order chi connectivity index (χ0) is 17.9. The Balaban J connectivity index is 1.61. The number of fused-ring (bicyclic) bond motifs is 1. The molecular weight excluding hydrogens is 330 g/mol. The second-order valence-electron chi connectivity index (χ2n) is 6.08. The highest BCUT2D eigenvalue weighted by Crippen LogP contribution is 2.32. The first-order valence-electron chi connectivity index (χ1n) is 8.43. The maximum absolute atomic E-state index is 13.2. The summed E-state index contributed by atoms with van der Waals surface area (Å²) in [5.41, 5.74) is 0.794. The normalized spacial score (nSPS) is 15.5. The van der Waals surface area contributed by atoms with Gasteiger partial charge in [0.05, 0.1) is 6.54 Å². The van der Waals surface area contributed by atoms with Crippen molar-refractivity contribution in [2.24, 2.45) is 7.05 Å². The number of hydrogen-bond donors (Lipinski definition) is 0. The second kappa shape index (κ2) is 6.92. The van der Waals surface area contributed by atoms with Crippen molar-refractivity contribution in [2.45, 2.75) is 12.6 Å². The molecule has 0 spiro atoms. The highest BCUT2D eigenvalue weighted by Gasteiger charge is 2.32. The number of carbonyl (C=O) groups is 1. The lowest BCUT2D eigenvalue weighted by atomic mass is 10.2. The summed E-state index contributed by atoms with van der Waals surface area (Å²) in [6.07, 6.45) is 2.88. The molecule has 0 bridgehead atoms. The van der Waals surface area contributed by atoms with Gasteiger partial charge < -0.3 is 18.9 Å². The quantitative estimate of drug-likeness (QED) is 0.727. The monoisotopic (exact) mass is 349 g/mol. The summed E-state index contributed by atoms with van der Waals surface area (Å²) in [6, 6.07) is 16.9. The van der Waals surface area contributed by atoms with Crippen LogP contribution in [-0.2, 0) is 18.4 Å². The fourth-order valence-electron chi connectivity index (χ4n) is 2.91. The number of aromatic nitrogens is 2. The number of imidazole rings is 1. The van der Waals surface area contributed by atoms with Gasteiger partial charge >= 0.3 is 0 Å². The minimum absolute atomic E-state index is 0.159. The van der Waals surface area contributed by atoms with Crippen molar-refractivity contribution in [3.8, 4) is 11.5 Å². The van der Waals surface area contributed by atoms with E-state index in [0.29, 0.717) is 18.0 Å². The van der Waals surface area contributed by atoms with Crippen LogP contribution in [0.15, 0.2) is 67.0 Å². The molecule has 6 heteroatoms. The van der Waals surface area contributed by atoms with Gasteiger partial charge in [0.15, 0.2) is 11.5 Å². The Hall–Kier alpha value is -3.28. The Morgan fingerprint density at radius 1 is 1.15 bits per heavy atom. The number of ether oxygens (including phenoxy) is 2. The van der Waals surface area contributed by atoms with E-state index in [1.54, 1.807) is 17.2 Å². The Kier molecular flexibility index (Phi) is 4.31. The fraction of sp³-hybridized carbons (Fsp3) is 0.200. The SMILES string of the molecule is Cn1ccnc1CN(C(=O)C1COc2ccccc2O1)c1ccccc1. The molecule has 0 fully saturated rings. The van der Waals surface area contributed by atoms with Crippen molar-refractivity contribution in [2.75, 3.05) is 11.5 Å². The zero-order valence-electron chi connectivity index (χ0n) is 14.4. The second-order valence-corrected chi connectivity index (χ2v) is 6.08. The third kappa shape index (κ3) is 3.13. The van der Waals surface area contributed by atoms with Gasteiger partial charge in [0.25, 0.3) is 5.91 Å². The van der Waals surface area contributed by atoms with E-state index in [1.165, 1.54) is 0 Å². The standard InChI is InChI=1S/C20H19N3O3/c1-22-12-11-21-19(22)13-23(15-7-3-2-4-8-15)20(24)18-14-25-16-9-5-6-10-17(16)26-18/h2-12,18H,13-14H2,1H3. The first-order chi connectivity index (χ1) is 12.7. The molecule has 2 aromatic carbocycles. The van der Waals surface area contributed by atoms with Crippen LogP contribution in [0.5, 0.6) is 11.5 Å². The van der Waals surface area contributed by atoms with E-state index in [9.17, 15) is 4.79 Å². The van der Waals surface area contributed by atoms with Crippen molar-refractivity contribution in [3.05, 3.63) is 72.8 Å². The molecule has 26 heavy (non-hydrogen) atoms. The first-order valence-corrected chi connectivity index (χ1v) is 8.43. The lowest BCUT2D eigenvalue weighted by molar-refractivity contribution is -0.127. The molecule has 1 aliphatic heterocycles. The van der Waals surface area contributed by atoms with Gasteiger partial charge in [-0.2, -0.15) is 0 Å². The van der Waals surface area contributed by atoms with Crippen molar-refractivity contribution in [3.63, 3.8) is 0 Å². The number of amides is 1. The molecule has 0 radical (unpaired) electrons. The van der Waals surface area contributed by atoms with Gasteiger partial charge in [-0.25, -0.2) is 4.98 Å². The average Bonchev–Trinajstić information content (AvgIpc) is 3.10. The third-order valence-corrected chi connectivity index (χ3v) is 4.34. The smallest absolute Gasteiger partial charge is 0.272 e. The van der Waals surface area contributed by atoms with Crippen LogP contribution < -0.4 is 14.4 Å². The first kappa shape index (κ1) is 16.2. The third-order valence-electron chi connectivity index (χ3n) is 4.34. The van der Waals surface area contributed by atoms with Crippen molar-refractivity contribution in [1.82, 2.24) is 9.55 Å². The minimum Gasteiger partial charge on any atom is -0.485 e. The number of anilines is 1. The molecule has 132 valence electrons. The number of para-hydroxylation sites is 3. The lowest BCUT2D eigenvalue weighted by Gasteiger charge is -2.30. The van der Waals surface area contributed by atoms with Crippen molar-refractivity contribution >= 4 is 11.6 Å². The van der Waals surface area contributed by atoms with Crippen LogP contribution in [0.25, 0.3) is 0 Å². The largest absolute Gasteiger partial charge is 0.485 e. The van der Waals surface area contributed by atoms with Crippen molar-refractivity contribution in [1.29, 1.82) is 0 Å².